The molecular formula is C20H15ClN2O2. The van der Waals surface area contributed by atoms with Crippen molar-refractivity contribution in [3.8, 4) is 0 Å². The van der Waals surface area contributed by atoms with Crippen LogP contribution in [-0.4, -0.2) is 23.1 Å². The highest BCUT2D eigenvalue weighted by atomic mass is 35.5. The molecule has 0 saturated carbocycles. The summed E-state index contributed by atoms with van der Waals surface area (Å²) >= 11 is 6.15. The Kier molecular flexibility index (Phi) is 3.90. The Bertz CT molecular complexity index is 1030. The molecule has 0 atom stereocenters. The number of carbonyl (C=O) groups excluding carboxylic acids is 2. The Morgan fingerprint density at radius 2 is 1.60 bits per heavy atom. The van der Waals surface area contributed by atoms with Gasteiger partial charge in [-0.1, -0.05) is 54.1 Å². The standard InChI is InChI=1S/C20H15ClN2O2/c21-17-18(20(25)15-7-2-1-6-14(15)19(17)24)22-10-9-12-11-23-16-8-4-3-5-13(12)16/h1-8,11,22-23H,9-10H2. The van der Waals surface area contributed by atoms with Gasteiger partial charge in [-0.05, 0) is 18.1 Å². The summed E-state index contributed by atoms with van der Waals surface area (Å²) in [6.07, 6.45) is 2.67. The number of halogens is 1. The van der Waals surface area contributed by atoms with Crippen LogP contribution in [0.4, 0.5) is 0 Å². The quantitative estimate of drug-likeness (QED) is 0.751. The van der Waals surface area contributed by atoms with E-state index in [1.165, 1.54) is 0 Å². The van der Waals surface area contributed by atoms with Gasteiger partial charge in [-0.2, -0.15) is 0 Å². The molecule has 1 heterocycles. The fraction of sp³-hybridized carbons (Fsp3) is 0.100. The number of hydrogen-bond donors (Lipinski definition) is 2. The normalized spacial score (nSPS) is 14.1. The Labute approximate surface area is 149 Å². The first-order chi connectivity index (χ1) is 12.2. The second-order valence-electron chi connectivity index (χ2n) is 5.93. The van der Waals surface area contributed by atoms with Crippen LogP contribution in [0.3, 0.4) is 0 Å². The van der Waals surface area contributed by atoms with Crippen molar-refractivity contribution in [1.82, 2.24) is 10.3 Å². The molecule has 0 amide bonds. The second kappa shape index (κ2) is 6.22. The van der Waals surface area contributed by atoms with Crippen molar-refractivity contribution in [2.75, 3.05) is 6.54 Å². The number of benzene rings is 2. The Balaban J connectivity index is 1.54. The fourth-order valence-electron chi connectivity index (χ4n) is 3.16. The van der Waals surface area contributed by atoms with Crippen molar-refractivity contribution < 1.29 is 9.59 Å². The van der Waals surface area contributed by atoms with E-state index in [4.69, 9.17) is 11.6 Å². The maximum absolute atomic E-state index is 12.6. The molecule has 1 aliphatic rings. The third-order valence-electron chi connectivity index (χ3n) is 4.43. The van der Waals surface area contributed by atoms with Crippen LogP contribution in [0.5, 0.6) is 0 Å². The van der Waals surface area contributed by atoms with Gasteiger partial charge in [0.1, 0.15) is 10.7 Å². The molecule has 5 heteroatoms. The van der Waals surface area contributed by atoms with Gasteiger partial charge in [0.25, 0.3) is 0 Å². The molecule has 0 unspecified atom stereocenters. The second-order valence-corrected chi connectivity index (χ2v) is 6.31. The van der Waals surface area contributed by atoms with Gasteiger partial charge >= 0.3 is 0 Å². The van der Waals surface area contributed by atoms with E-state index < -0.39 is 0 Å². The van der Waals surface area contributed by atoms with Gasteiger partial charge in [-0.3, -0.25) is 9.59 Å². The lowest BCUT2D eigenvalue weighted by Gasteiger charge is -2.18. The summed E-state index contributed by atoms with van der Waals surface area (Å²) in [6, 6.07) is 14.8. The first-order valence-electron chi connectivity index (χ1n) is 8.04. The third kappa shape index (κ3) is 2.65. The molecule has 1 aliphatic carbocycles. The van der Waals surface area contributed by atoms with Crippen LogP contribution in [-0.2, 0) is 6.42 Å². The van der Waals surface area contributed by atoms with Crippen molar-refractivity contribution in [2.45, 2.75) is 6.42 Å². The molecule has 0 bridgehead atoms. The van der Waals surface area contributed by atoms with Crippen molar-refractivity contribution in [3.63, 3.8) is 0 Å². The minimum atomic E-state index is -0.313. The lowest BCUT2D eigenvalue weighted by Crippen LogP contribution is -2.30. The van der Waals surface area contributed by atoms with Crippen LogP contribution in [0, 0.1) is 0 Å². The molecule has 0 saturated heterocycles. The predicted molar refractivity (Wildman–Crippen MR) is 98.0 cm³/mol. The molecule has 25 heavy (non-hydrogen) atoms. The van der Waals surface area contributed by atoms with Crippen LogP contribution in [0.25, 0.3) is 10.9 Å². The molecule has 0 radical (unpaired) electrons. The monoisotopic (exact) mass is 350 g/mol. The van der Waals surface area contributed by atoms with E-state index in [-0.39, 0.29) is 22.3 Å². The van der Waals surface area contributed by atoms with Crippen molar-refractivity contribution >= 4 is 34.1 Å². The van der Waals surface area contributed by atoms with E-state index in [1.54, 1.807) is 24.3 Å². The zero-order chi connectivity index (χ0) is 17.4. The molecule has 3 aromatic rings. The minimum absolute atomic E-state index is 0.0392. The summed E-state index contributed by atoms with van der Waals surface area (Å²) in [4.78, 5) is 28.2. The zero-order valence-corrected chi connectivity index (χ0v) is 14.1. The molecular weight excluding hydrogens is 336 g/mol. The van der Waals surface area contributed by atoms with Crippen LogP contribution >= 0.6 is 11.6 Å². The highest BCUT2D eigenvalue weighted by molar-refractivity contribution is 6.49. The number of ketones is 2. The van der Waals surface area contributed by atoms with Gasteiger partial charge in [0.15, 0.2) is 0 Å². The van der Waals surface area contributed by atoms with E-state index in [1.807, 2.05) is 24.4 Å². The average Bonchev–Trinajstić information content (AvgIpc) is 3.06. The molecule has 0 fully saturated rings. The van der Waals surface area contributed by atoms with Gasteiger partial charge in [-0.25, -0.2) is 0 Å². The van der Waals surface area contributed by atoms with Crippen LogP contribution in [0.15, 0.2) is 65.5 Å². The largest absolute Gasteiger partial charge is 0.380 e. The molecule has 0 aliphatic heterocycles. The summed E-state index contributed by atoms with van der Waals surface area (Å²) in [5, 5.41) is 4.17. The maximum Gasteiger partial charge on any atom is 0.211 e. The number of rotatable bonds is 4. The number of hydrogen-bond acceptors (Lipinski definition) is 3. The molecule has 4 rings (SSSR count). The lowest BCUT2D eigenvalue weighted by atomic mass is 9.92. The van der Waals surface area contributed by atoms with Crippen LogP contribution in [0.2, 0.25) is 0 Å². The van der Waals surface area contributed by atoms with Gasteiger partial charge < -0.3 is 10.3 Å². The zero-order valence-electron chi connectivity index (χ0n) is 13.3. The molecule has 124 valence electrons. The Morgan fingerprint density at radius 3 is 2.40 bits per heavy atom. The van der Waals surface area contributed by atoms with Crippen molar-refractivity contribution in [1.29, 1.82) is 0 Å². The highest BCUT2D eigenvalue weighted by Gasteiger charge is 2.30. The fourth-order valence-corrected chi connectivity index (χ4v) is 3.42. The topological polar surface area (TPSA) is 62.0 Å². The number of aromatic nitrogens is 1. The predicted octanol–water partition coefficient (Wildman–Crippen LogP) is 3.83. The van der Waals surface area contributed by atoms with E-state index in [0.29, 0.717) is 24.1 Å². The summed E-state index contributed by atoms with van der Waals surface area (Å²) in [7, 11) is 0. The van der Waals surface area contributed by atoms with Crippen molar-refractivity contribution in [2.24, 2.45) is 0 Å². The molecule has 4 nitrogen and oxygen atoms in total. The highest BCUT2D eigenvalue weighted by Crippen LogP contribution is 2.27. The summed E-state index contributed by atoms with van der Waals surface area (Å²) in [5.74, 6) is -0.550. The summed E-state index contributed by atoms with van der Waals surface area (Å²) in [6.45, 7) is 0.509. The molecule has 0 spiro atoms. The van der Waals surface area contributed by atoms with Gasteiger partial charge in [0.2, 0.25) is 11.6 Å². The third-order valence-corrected chi connectivity index (χ3v) is 4.79. The number of aromatic amines is 1. The van der Waals surface area contributed by atoms with Gasteiger partial charge in [0.05, 0.1) is 0 Å². The summed E-state index contributed by atoms with van der Waals surface area (Å²) in [5.41, 5.74) is 3.17. The first kappa shape index (κ1) is 15.7. The Hall–Kier alpha value is -2.85. The first-order valence-corrected chi connectivity index (χ1v) is 8.41. The molecule has 2 aromatic carbocycles. The van der Waals surface area contributed by atoms with E-state index in [9.17, 15) is 9.59 Å². The maximum atomic E-state index is 12.6. The number of carbonyl (C=O) groups is 2. The molecule has 2 N–H and O–H groups in total. The lowest BCUT2D eigenvalue weighted by molar-refractivity contribution is 0.0975. The summed E-state index contributed by atoms with van der Waals surface area (Å²) < 4.78 is 0. The number of para-hydroxylation sites is 1. The van der Waals surface area contributed by atoms with Gasteiger partial charge in [0, 0.05) is 34.8 Å². The van der Waals surface area contributed by atoms with Crippen LogP contribution < -0.4 is 5.32 Å². The average molecular weight is 351 g/mol. The number of Topliss-reactive ketones (excluding diaryl/α,β-unsaturated/α-hetero) is 2. The minimum Gasteiger partial charge on any atom is -0.380 e. The van der Waals surface area contributed by atoms with Crippen LogP contribution in [0.1, 0.15) is 26.3 Å². The number of H-pyrrole nitrogens is 1. The molecule has 1 aromatic heterocycles. The number of fused-ring (bicyclic) bond motifs is 2. The van der Waals surface area contributed by atoms with E-state index in [2.05, 4.69) is 16.4 Å². The number of nitrogens with one attached hydrogen (secondary N) is 2. The van der Waals surface area contributed by atoms with Gasteiger partial charge in [-0.15, -0.1) is 0 Å². The number of allylic oxidation sites excluding steroid dienone is 2. The van der Waals surface area contributed by atoms with E-state index in [0.717, 1.165) is 16.5 Å². The smallest absolute Gasteiger partial charge is 0.211 e. The SMILES string of the molecule is O=C1C(Cl)=C(NCCc2c[nH]c3ccccc23)C(=O)c2ccccc21. The Morgan fingerprint density at radius 1 is 0.920 bits per heavy atom. The van der Waals surface area contributed by atoms with Crippen molar-refractivity contribution in [3.05, 3.63) is 82.1 Å². The van der Waals surface area contributed by atoms with E-state index >= 15 is 0 Å².